The first-order chi connectivity index (χ1) is 12.1. The Balaban J connectivity index is 1.87. The molecule has 126 valence electrons. The fraction of sp³-hybridized carbons (Fsp3) is 0.105. The number of nitrogens with two attached hydrogens (primary N) is 1. The number of carbonyl (C=O) groups excluding carboxylic acids is 2. The minimum absolute atomic E-state index is 0.208. The number of amides is 2. The Kier molecular flexibility index (Phi) is 4.61. The predicted molar refractivity (Wildman–Crippen MR) is 94.1 cm³/mol. The highest BCUT2D eigenvalue weighted by Gasteiger charge is 2.21. The number of methoxy groups -OCH3 is 1. The molecule has 0 saturated carbocycles. The molecule has 1 atom stereocenters. The van der Waals surface area contributed by atoms with E-state index in [2.05, 4.69) is 10.3 Å². The van der Waals surface area contributed by atoms with Gasteiger partial charge in [-0.25, -0.2) is 4.98 Å². The van der Waals surface area contributed by atoms with Crippen molar-refractivity contribution in [3.8, 4) is 5.75 Å². The van der Waals surface area contributed by atoms with Crippen LogP contribution in [0.15, 0.2) is 60.7 Å². The molecule has 0 spiro atoms. The van der Waals surface area contributed by atoms with Crippen LogP contribution in [0, 0.1) is 0 Å². The third-order valence-corrected chi connectivity index (χ3v) is 3.82. The number of nitrogens with zero attached hydrogens (tertiary/aromatic N) is 1. The van der Waals surface area contributed by atoms with Crippen LogP contribution >= 0.6 is 0 Å². The van der Waals surface area contributed by atoms with Crippen LogP contribution in [-0.2, 0) is 4.79 Å². The maximum absolute atomic E-state index is 12.5. The summed E-state index contributed by atoms with van der Waals surface area (Å²) in [5.74, 6) is -0.389. The smallest absolute Gasteiger partial charge is 0.270 e. The molecular weight excluding hydrogens is 318 g/mol. The van der Waals surface area contributed by atoms with Crippen LogP contribution in [-0.4, -0.2) is 23.9 Å². The van der Waals surface area contributed by atoms with Crippen LogP contribution in [0.2, 0.25) is 0 Å². The van der Waals surface area contributed by atoms with Crippen LogP contribution < -0.4 is 15.8 Å². The van der Waals surface area contributed by atoms with Crippen molar-refractivity contribution in [2.24, 2.45) is 5.73 Å². The third kappa shape index (κ3) is 3.58. The van der Waals surface area contributed by atoms with E-state index in [0.29, 0.717) is 16.8 Å². The third-order valence-electron chi connectivity index (χ3n) is 3.82. The van der Waals surface area contributed by atoms with Crippen LogP contribution in [0.5, 0.6) is 5.75 Å². The minimum atomic E-state index is -0.915. The van der Waals surface area contributed by atoms with Gasteiger partial charge in [0.05, 0.1) is 12.6 Å². The van der Waals surface area contributed by atoms with Gasteiger partial charge >= 0.3 is 0 Å². The molecule has 0 aliphatic heterocycles. The van der Waals surface area contributed by atoms with E-state index in [1.54, 1.807) is 55.6 Å². The second-order valence-electron chi connectivity index (χ2n) is 5.47. The van der Waals surface area contributed by atoms with Gasteiger partial charge in [-0.05, 0) is 29.8 Å². The first-order valence-corrected chi connectivity index (χ1v) is 7.68. The SMILES string of the molecule is COc1ccc2nc(C(=O)NC(C(N)=O)c3ccccc3)ccc2c1. The minimum Gasteiger partial charge on any atom is -0.497 e. The van der Waals surface area contributed by atoms with Gasteiger partial charge in [0, 0.05) is 5.39 Å². The number of nitrogens with one attached hydrogen (secondary N) is 1. The van der Waals surface area contributed by atoms with Crippen molar-refractivity contribution in [2.75, 3.05) is 7.11 Å². The molecule has 0 radical (unpaired) electrons. The van der Waals surface area contributed by atoms with E-state index in [1.807, 2.05) is 12.1 Å². The number of rotatable bonds is 5. The Morgan fingerprint density at radius 3 is 2.52 bits per heavy atom. The average molecular weight is 335 g/mol. The number of primary amides is 1. The highest BCUT2D eigenvalue weighted by Crippen LogP contribution is 2.20. The molecule has 3 rings (SSSR count). The largest absolute Gasteiger partial charge is 0.497 e. The lowest BCUT2D eigenvalue weighted by molar-refractivity contribution is -0.120. The van der Waals surface area contributed by atoms with Gasteiger partial charge in [0.15, 0.2) is 0 Å². The van der Waals surface area contributed by atoms with Crippen LogP contribution in [0.4, 0.5) is 0 Å². The summed E-state index contributed by atoms with van der Waals surface area (Å²) in [6.45, 7) is 0. The second-order valence-corrected chi connectivity index (χ2v) is 5.47. The van der Waals surface area contributed by atoms with Gasteiger partial charge < -0.3 is 15.8 Å². The molecule has 1 heterocycles. The van der Waals surface area contributed by atoms with Gasteiger partial charge in [0.2, 0.25) is 5.91 Å². The highest BCUT2D eigenvalue weighted by molar-refractivity contribution is 5.98. The fourth-order valence-electron chi connectivity index (χ4n) is 2.53. The molecule has 0 fully saturated rings. The zero-order valence-electron chi connectivity index (χ0n) is 13.6. The van der Waals surface area contributed by atoms with Crippen molar-refractivity contribution >= 4 is 22.7 Å². The first-order valence-electron chi connectivity index (χ1n) is 7.68. The Hall–Kier alpha value is -3.41. The van der Waals surface area contributed by atoms with Crippen molar-refractivity contribution in [3.63, 3.8) is 0 Å². The van der Waals surface area contributed by atoms with Crippen molar-refractivity contribution in [1.29, 1.82) is 0 Å². The van der Waals surface area contributed by atoms with E-state index < -0.39 is 17.9 Å². The van der Waals surface area contributed by atoms with E-state index in [-0.39, 0.29) is 5.69 Å². The molecule has 0 saturated heterocycles. The normalized spacial score (nSPS) is 11.7. The summed E-state index contributed by atoms with van der Waals surface area (Å²) in [5, 5.41) is 3.49. The molecule has 0 aliphatic rings. The molecule has 0 aliphatic carbocycles. The number of fused-ring (bicyclic) bond motifs is 1. The summed E-state index contributed by atoms with van der Waals surface area (Å²) < 4.78 is 5.17. The molecule has 1 unspecified atom stereocenters. The van der Waals surface area contributed by atoms with Crippen molar-refractivity contribution in [1.82, 2.24) is 10.3 Å². The molecular formula is C19H17N3O3. The van der Waals surface area contributed by atoms with Gasteiger partial charge in [-0.2, -0.15) is 0 Å². The monoisotopic (exact) mass is 335 g/mol. The molecule has 0 bridgehead atoms. The first kappa shape index (κ1) is 16.4. The number of aromatic nitrogens is 1. The van der Waals surface area contributed by atoms with Gasteiger partial charge in [-0.3, -0.25) is 9.59 Å². The van der Waals surface area contributed by atoms with Crippen LogP contribution in [0.3, 0.4) is 0 Å². The van der Waals surface area contributed by atoms with E-state index in [9.17, 15) is 9.59 Å². The second kappa shape index (κ2) is 7.00. The summed E-state index contributed by atoms with van der Waals surface area (Å²) >= 11 is 0. The predicted octanol–water partition coefficient (Wildman–Crippen LogP) is 2.20. The van der Waals surface area contributed by atoms with E-state index in [1.165, 1.54) is 0 Å². The lowest BCUT2D eigenvalue weighted by Crippen LogP contribution is -2.37. The number of carbonyl (C=O) groups is 2. The number of hydrogen-bond acceptors (Lipinski definition) is 4. The van der Waals surface area contributed by atoms with Crippen LogP contribution in [0.1, 0.15) is 22.1 Å². The summed E-state index contributed by atoms with van der Waals surface area (Å²) in [7, 11) is 1.59. The quantitative estimate of drug-likeness (QED) is 0.747. The lowest BCUT2D eigenvalue weighted by atomic mass is 10.1. The molecule has 1 aromatic heterocycles. The van der Waals surface area contributed by atoms with Gasteiger partial charge in [-0.1, -0.05) is 36.4 Å². The Bertz CT molecular complexity index is 926. The molecule has 25 heavy (non-hydrogen) atoms. The number of pyridine rings is 1. The molecule has 2 aromatic carbocycles. The van der Waals surface area contributed by atoms with Crippen molar-refractivity contribution in [3.05, 3.63) is 71.9 Å². The van der Waals surface area contributed by atoms with E-state index >= 15 is 0 Å². The molecule has 6 nitrogen and oxygen atoms in total. The fourth-order valence-corrected chi connectivity index (χ4v) is 2.53. The number of ether oxygens (including phenoxy) is 1. The topological polar surface area (TPSA) is 94.3 Å². The standard InChI is InChI=1S/C19H17N3O3/c1-25-14-8-10-15-13(11-14)7-9-16(21-15)19(24)22-17(18(20)23)12-5-3-2-4-6-12/h2-11,17H,1H3,(H2,20,23)(H,22,24). The summed E-state index contributed by atoms with van der Waals surface area (Å²) in [6, 6.07) is 16.7. The maximum Gasteiger partial charge on any atom is 0.270 e. The zero-order valence-corrected chi connectivity index (χ0v) is 13.6. The molecule has 2 amide bonds. The summed E-state index contributed by atoms with van der Waals surface area (Å²) in [6.07, 6.45) is 0. The molecule has 3 N–H and O–H groups in total. The van der Waals surface area contributed by atoms with E-state index in [0.717, 1.165) is 5.39 Å². The number of hydrogen-bond donors (Lipinski definition) is 2. The zero-order chi connectivity index (χ0) is 17.8. The maximum atomic E-state index is 12.5. The Morgan fingerprint density at radius 2 is 1.84 bits per heavy atom. The van der Waals surface area contributed by atoms with Crippen molar-refractivity contribution in [2.45, 2.75) is 6.04 Å². The van der Waals surface area contributed by atoms with Gasteiger partial charge in [-0.15, -0.1) is 0 Å². The van der Waals surface area contributed by atoms with Crippen molar-refractivity contribution < 1.29 is 14.3 Å². The average Bonchev–Trinajstić information content (AvgIpc) is 2.65. The highest BCUT2D eigenvalue weighted by atomic mass is 16.5. The van der Waals surface area contributed by atoms with E-state index in [4.69, 9.17) is 10.5 Å². The van der Waals surface area contributed by atoms with Gasteiger partial charge in [0.25, 0.3) is 5.91 Å². The van der Waals surface area contributed by atoms with Crippen LogP contribution in [0.25, 0.3) is 10.9 Å². The lowest BCUT2D eigenvalue weighted by Gasteiger charge is -2.15. The number of benzene rings is 2. The Morgan fingerprint density at radius 1 is 1.08 bits per heavy atom. The van der Waals surface area contributed by atoms with Gasteiger partial charge in [0.1, 0.15) is 17.5 Å². The molecule has 3 aromatic rings. The Labute approximate surface area is 144 Å². The molecule has 6 heteroatoms. The summed E-state index contributed by atoms with van der Waals surface area (Å²) in [5.41, 5.74) is 6.91. The summed E-state index contributed by atoms with van der Waals surface area (Å²) in [4.78, 5) is 28.6.